The van der Waals surface area contributed by atoms with E-state index >= 15 is 0 Å². The van der Waals surface area contributed by atoms with Crippen molar-refractivity contribution < 1.29 is 9.53 Å². The number of rotatable bonds is 6. The van der Waals surface area contributed by atoms with Gasteiger partial charge in [-0.2, -0.15) is 0 Å². The number of thioether (sulfide) groups is 1. The third kappa shape index (κ3) is 3.89. The topological polar surface area (TPSA) is 47.4 Å². The van der Waals surface area contributed by atoms with Crippen LogP contribution in [0.2, 0.25) is 0 Å². The molecule has 30 heavy (non-hydrogen) atoms. The highest BCUT2D eigenvalue weighted by atomic mass is 32.2. The molecule has 2 aliphatic rings. The van der Waals surface area contributed by atoms with Crippen LogP contribution in [-0.2, 0) is 22.5 Å². The third-order valence-corrected chi connectivity index (χ3v) is 6.79. The molecular formula is C24H25N3O2S. The predicted molar refractivity (Wildman–Crippen MR) is 120 cm³/mol. The minimum Gasteiger partial charge on any atom is -0.376 e. The van der Waals surface area contributed by atoms with Gasteiger partial charge in [0.05, 0.1) is 30.3 Å². The number of para-hydroxylation sites is 1. The number of benzene rings is 2. The van der Waals surface area contributed by atoms with E-state index in [1.807, 2.05) is 47.5 Å². The van der Waals surface area contributed by atoms with Gasteiger partial charge in [0.15, 0.2) is 5.16 Å². The minimum atomic E-state index is 0.137. The summed E-state index contributed by atoms with van der Waals surface area (Å²) in [6.07, 6.45) is 5.23. The van der Waals surface area contributed by atoms with Crippen molar-refractivity contribution in [3.63, 3.8) is 0 Å². The summed E-state index contributed by atoms with van der Waals surface area (Å²) in [6, 6.07) is 18.5. The molecule has 3 heterocycles. The van der Waals surface area contributed by atoms with Crippen LogP contribution >= 0.6 is 11.8 Å². The van der Waals surface area contributed by atoms with Gasteiger partial charge < -0.3 is 14.2 Å². The van der Waals surface area contributed by atoms with Crippen LogP contribution in [0.15, 0.2) is 66.0 Å². The standard InChI is InChI=1S/C24H25N3O2S/c28-23(26-13-12-19-9-4-5-11-21(19)26)17-30-24-25-15-22(18-7-2-1-3-8-18)27(24)16-20-10-6-14-29-20/h1-5,7-9,11,15,20H,6,10,12-14,16-17H2. The van der Waals surface area contributed by atoms with Crippen molar-refractivity contribution in [2.24, 2.45) is 0 Å². The van der Waals surface area contributed by atoms with Gasteiger partial charge in [-0.15, -0.1) is 0 Å². The summed E-state index contributed by atoms with van der Waals surface area (Å²) in [5.74, 6) is 0.517. The fourth-order valence-electron chi connectivity index (χ4n) is 4.28. The van der Waals surface area contributed by atoms with Crippen molar-refractivity contribution in [2.45, 2.75) is 37.1 Å². The highest BCUT2D eigenvalue weighted by Gasteiger charge is 2.25. The maximum atomic E-state index is 13.0. The fourth-order valence-corrected chi connectivity index (χ4v) is 5.15. The highest BCUT2D eigenvalue weighted by Crippen LogP contribution is 2.31. The molecule has 0 saturated carbocycles. The number of nitrogens with zero attached hydrogens (tertiary/aromatic N) is 3. The van der Waals surface area contributed by atoms with Crippen LogP contribution in [0.5, 0.6) is 0 Å². The van der Waals surface area contributed by atoms with Crippen molar-refractivity contribution >= 4 is 23.4 Å². The molecule has 1 saturated heterocycles. The summed E-state index contributed by atoms with van der Waals surface area (Å²) in [6.45, 7) is 2.36. The van der Waals surface area contributed by atoms with Gasteiger partial charge >= 0.3 is 0 Å². The van der Waals surface area contributed by atoms with Crippen LogP contribution in [0.3, 0.4) is 0 Å². The lowest BCUT2D eigenvalue weighted by molar-refractivity contribution is -0.116. The van der Waals surface area contributed by atoms with Crippen LogP contribution in [0.4, 0.5) is 5.69 Å². The Hall–Kier alpha value is -2.57. The molecular weight excluding hydrogens is 394 g/mol. The Labute approximate surface area is 181 Å². The number of hydrogen-bond donors (Lipinski definition) is 0. The first-order valence-corrected chi connectivity index (χ1v) is 11.5. The van der Waals surface area contributed by atoms with Crippen LogP contribution in [0.1, 0.15) is 18.4 Å². The molecule has 154 valence electrons. The first kappa shape index (κ1) is 19.4. The molecule has 1 unspecified atom stereocenters. The van der Waals surface area contributed by atoms with Gasteiger partial charge in [-0.25, -0.2) is 4.98 Å². The Morgan fingerprint density at radius 2 is 1.97 bits per heavy atom. The molecule has 1 atom stereocenters. The van der Waals surface area contributed by atoms with Gasteiger partial charge in [0.2, 0.25) is 5.91 Å². The fraction of sp³-hybridized carbons (Fsp3) is 0.333. The first-order chi connectivity index (χ1) is 14.8. The molecule has 1 fully saturated rings. The van der Waals surface area contributed by atoms with E-state index in [9.17, 15) is 4.79 Å². The van der Waals surface area contributed by atoms with Gasteiger partial charge in [0.25, 0.3) is 0 Å². The number of imidazole rings is 1. The first-order valence-electron chi connectivity index (χ1n) is 10.5. The molecule has 6 heteroatoms. The van der Waals surface area contributed by atoms with Crippen LogP contribution < -0.4 is 4.90 Å². The zero-order valence-corrected chi connectivity index (χ0v) is 17.7. The molecule has 0 aliphatic carbocycles. The van der Waals surface area contributed by atoms with Crippen LogP contribution in [-0.4, -0.2) is 40.5 Å². The molecule has 2 aliphatic heterocycles. The number of carbonyl (C=O) groups excluding carboxylic acids is 1. The molecule has 0 N–H and O–H groups in total. The van der Waals surface area contributed by atoms with E-state index in [-0.39, 0.29) is 12.0 Å². The van der Waals surface area contributed by atoms with E-state index in [0.717, 1.165) is 61.1 Å². The predicted octanol–water partition coefficient (Wildman–Crippen LogP) is 4.41. The zero-order valence-electron chi connectivity index (χ0n) is 16.9. The smallest absolute Gasteiger partial charge is 0.237 e. The second-order valence-corrected chi connectivity index (χ2v) is 8.69. The average molecular weight is 420 g/mol. The third-order valence-electron chi connectivity index (χ3n) is 5.81. The Morgan fingerprint density at radius 3 is 2.80 bits per heavy atom. The second kappa shape index (κ2) is 8.66. The maximum absolute atomic E-state index is 13.0. The highest BCUT2D eigenvalue weighted by molar-refractivity contribution is 7.99. The number of ether oxygens (including phenoxy) is 1. The van der Waals surface area contributed by atoms with E-state index in [2.05, 4.69) is 27.8 Å². The summed E-state index contributed by atoms with van der Waals surface area (Å²) in [5.41, 5.74) is 4.51. The molecule has 5 nitrogen and oxygen atoms in total. The Balaban J connectivity index is 1.35. The van der Waals surface area contributed by atoms with E-state index in [0.29, 0.717) is 5.75 Å². The quantitative estimate of drug-likeness (QED) is 0.555. The number of hydrogen-bond acceptors (Lipinski definition) is 4. The van der Waals surface area contributed by atoms with Crippen molar-refractivity contribution in [1.29, 1.82) is 0 Å². The van der Waals surface area contributed by atoms with E-state index in [4.69, 9.17) is 4.74 Å². The van der Waals surface area contributed by atoms with Gasteiger partial charge in [0, 0.05) is 18.8 Å². The molecule has 5 rings (SSSR count). The lowest BCUT2D eigenvalue weighted by Crippen LogP contribution is -2.30. The van der Waals surface area contributed by atoms with Crippen LogP contribution in [0.25, 0.3) is 11.3 Å². The maximum Gasteiger partial charge on any atom is 0.237 e. The second-order valence-electron chi connectivity index (χ2n) is 7.75. The average Bonchev–Trinajstić information content (AvgIpc) is 3.53. The van der Waals surface area contributed by atoms with E-state index in [1.165, 1.54) is 17.3 Å². The van der Waals surface area contributed by atoms with Crippen molar-refractivity contribution in [2.75, 3.05) is 23.8 Å². The van der Waals surface area contributed by atoms with E-state index < -0.39 is 0 Å². The zero-order chi connectivity index (χ0) is 20.3. The summed E-state index contributed by atoms with van der Waals surface area (Å²) < 4.78 is 8.11. The van der Waals surface area contributed by atoms with Gasteiger partial charge in [0.1, 0.15) is 0 Å². The largest absolute Gasteiger partial charge is 0.376 e. The van der Waals surface area contributed by atoms with Crippen molar-refractivity contribution in [3.8, 4) is 11.3 Å². The Morgan fingerprint density at radius 1 is 1.13 bits per heavy atom. The van der Waals surface area contributed by atoms with Gasteiger partial charge in [-0.05, 0) is 36.5 Å². The summed E-state index contributed by atoms with van der Waals surface area (Å²) in [7, 11) is 0. The molecule has 3 aromatic rings. The Bertz CT molecular complexity index is 1030. The number of aromatic nitrogens is 2. The molecule has 1 amide bonds. The molecule has 1 aromatic heterocycles. The summed E-state index contributed by atoms with van der Waals surface area (Å²) >= 11 is 1.52. The molecule has 0 radical (unpaired) electrons. The Kier molecular flexibility index (Phi) is 5.60. The van der Waals surface area contributed by atoms with Crippen molar-refractivity contribution in [1.82, 2.24) is 9.55 Å². The SMILES string of the molecule is O=C(CSc1ncc(-c2ccccc2)n1CC1CCCO1)N1CCc2ccccc21. The molecule has 2 aromatic carbocycles. The molecule has 0 spiro atoms. The van der Waals surface area contributed by atoms with Crippen LogP contribution in [0, 0.1) is 0 Å². The number of fused-ring (bicyclic) bond motifs is 1. The normalized spacial score (nSPS) is 18.0. The summed E-state index contributed by atoms with van der Waals surface area (Å²) in [4.78, 5) is 19.5. The monoisotopic (exact) mass is 419 g/mol. The van der Waals surface area contributed by atoms with Gasteiger partial charge in [-0.1, -0.05) is 60.3 Å². The molecule has 0 bridgehead atoms. The van der Waals surface area contributed by atoms with E-state index in [1.54, 1.807) is 0 Å². The number of carbonyl (C=O) groups is 1. The summed E-state index contributed by atoms with van der Waals surface area (Å²) in [5, 5.41) is 0.880. The number of anilines is 1. The van der Waals surface area contributed by atoms with Crippen molar-refractivity contribution in [3.05, 3.63) is 66.4 Å². The van der Waals surface area contributed by atoms with Gasteiger partial charge in [-0.3, -0.25) is 4.79 Å². The number of amides is 1. The lowest BCUT2D eigenvalue weighted by Gasteiger charge is -2.18. The lowest BCUT2D eigenvalue weighted by atomic mass is 10.1. The minimum absolute atomic E-state index is 0.137.